The molecule has 0 aromatic carbocycles. The summed E-state index contributed by atoms with van der Waals surface area (Å²) in [5.41, 5.74) is 5.19. The van der Waals surface area contributed by atoms with Gasteiger partial charge < -0.3 is 10.8 Å². The second kappa shape index (κ2) is 7.43. The van der Waals surface area contributed by atoms with E-state index >= 15 is 0 Å². The van der Waals surface area contributed by atoms with Crippen LogP contribution in [0.5, 0.6) is 0 Å². The zero-order chi connectivity index (χ0) is 7.28. The second-order valence-electron chi connectivity index (χ2n) is 1.73. The van der Waals surface area contributed by atoms with Gasteiger partial charge in [-0.15, -0.1) is 0 Å². The van der Waals surface area contributed by atoms with E-state index in [1.807, 2.05) is 6.26 Å². The Morgan fingerprint density at radius 2 is 2.30 bits per heavy atom. The summed E-state index contributed by atoms with van der Waals surface area (Å²) in [6, 6.07) is -0.683. The van der Waals surface area contributed by atoms with Crippen molar-refractivity contribution in [3.63, 3.8) is 0 Å². The molecule has 3 N–H and O–H groups in total. The van der Waals surface area contributed by atoms with E-state index in [0.717, 1.165) is 5.75 Å². The predicted octanol–water partition coefficient (Wildman–Crippen LogP) is -1.30. The molecule has 10 heavy (non-hydrogen) atoms. The van der Waals surface area contributed by atoms with Crippen LogP contribution in [0, 0.1) is 0 Å². The molecule has 0 unspecified atom stereocenters. The molecule has 0 aliphatic rings. The molecule has 0 saturated carbocycles. The van der Waals surface area contributed by atoms with Crippen molar-refractivity contribution in [2.24, 2.45) is 5.73 Å². The Labute approximate surface area is 75.7 Å². The van der Waals surface area contributed by atoms with E-state index in [1.165, 1.54) is 0 Å². The monoisotopic (exact) mass is 227 g/mol. The summed E-state index contributed by atoms with van der Waals surface area (Å²) >= 11 is 1.60. The van der Waals surface area contributed by atoms with Crippen LogP contribution in [-0.4, -0.2) is 46.7 Å². The van der Waals surface area contributed by atoms with Crippen LogP contribution in [0.1, 0.15) is 6.42 Å². The van der Waals surface area contributed by atoms with Gasteiger partial charge >= 0.3 is 23.6 Å². The van der Waals surface area contributed by atoms with Crippen LogP contribution in [0.15, 0.2) is 0 Å². The summed E-state index contributed by atoms with van der Waals surface area (Å²) in [6.45, 7) is 0. The van der Waals surface area contributed by atoms with E-state index < -0.39 is 12.0 Å². The fourth-order valence-electron chi connectivity index (χ4n) is 0.368. The molecule has 0 radical (unpaired) electrons. The van der Waals surface area contributed by atoms with Crippen molar-refractivity contribution in [3.8, 4) is 0 Å². The van der Waals surface area contributed by atoms with Gasteiger partial charge in [0, 0.05) is 0 Å². The van der Waals surface area contributed by atoms with E-state index in [-0.39, 0.29) is 17.6 Å². The van der Waals surface area contributed by atoms with Crippen LogP contribution in [-0.2, 0) is 4.79 Å². The third-order valence-electron chi connectivity index (χ3n) is 0.950. The van der Waals surface area contributed by atoms with Crippen LogP contribution in [0.3, 0.4) is 0 Å². The van der Waals surface area contributed by atoms with Gasteiger partial charge in [0.05, 0.1) is 0 Å². The average molecular weight is 226 g/mol. The number of aliphatic carboxylic acids is 1. The van der Waals surface area contributed by atoms with Gasteiger partial charge in [0.15, 0.2) is 0 Å². The molecule has 0 heterocycles. The van der Waals surface area contributed by atoms with Gasteiger partial charge in [0.25, 0.3) is 0 Å². The molecule has 0 rings (SSSR count). The summed E-state index contributed by atoms with van der Waals surface area (Å²) in [4.78, 5) is 10.1. The minimum absolute atomic E-state index is 0. The van der Waals surface area contributed by atoms with Crippen molar-refractivity contribution < 1.29 is 9.90 Å². The predicted molar refractivity (Wildman–Crippen MR) is 49.9 cm³/mol. The summed E-state index contributed by atoms with van der Waals surface area (Å²) in [6.07, 6.45) is 2.48. The Balaban J connectivity index is 0. The van der Waals surface area contributed by atoms with Gasteiger partial charge in [-0.2, -0.15) is 11.8 Å². The standard InChI is InChI=1S/C5H11NO2S.GeH4/c1-9-3-2-4(6)5(7)8;/h4H,2-3,6H2,1H3,(H,7,8);1H4/t4-;/m0./s1. The van der Waals surface area contributed by atoms with Crippen molar-refractivity contribution in [1.82, 2.24) is 0 Å². The van der Waals surface area contributed by atoms with Crippen LogP contribution in [0.4, 0.5) is 0 Å². The fourth-order valence-corrected chi connectivity index (χ4v) is 0.858. The number of hydrogen-bond acceptors (Lipinski definition) is 3. The van der Waals surface area contributed by atoms with Crippen molar-refractivity contribution in [1.29, 1.82) is 0 Å². The maximum absolute atomic E-state index is 10.1. The van der Waals surface area contributed by atoms with Crippen molar-refractivity contribution in [2.45, 2.75) is 12.5 Å². The van der Waals surface area contributed by atoms with Crippen LogP contribution >= 0.6 is 11.8 Å². The number of carbonyl (C=O) groups is 1. The number of carboxylic acid groups (broad SMARTS) is 1. The number of thioether (sulfide) groups is 1. The van der Waals surface area contributed by atoms with Gasteiger partial charge in [-0.05, 0) is 18.4 Å². The first-order valence-electron chi connectivity index (χ1n) is 2.65. The van der Waals surface area contributed by atoms with Crippen molar-refractivity contribution >= 4 is 35.3 Å². The van der Waals surface area contributed by atoms with Crippen LogP contribution < -0.4 is 5.73 Å². The number of carboxylic acids is 1. The molecule has 0 bridgehead atoms. The second-order valence-corrected chi connectivity index (χ2v) is 2.71. The fraction of sp³-hybridized carbons (Fsp3) is 0.800. The molecule has 0 aliphatic carbocycles. The Kier molecular flexibility index (Phi) is 9.62. The van der Waals surface area contributed by atoms with Crippen LogP contribution in [0.25, 0.3) is 0 Å². The van der Waals surface area contributed by atoms with Gasteiger partial charge in [-0.25, -0.2) is 0 Å². The molecule has 5 heteroatoms. The summed E-state index contributed by atoms with van der Waals surface area (Å²) in [5, 5.41) is 8.27. The SMILES string of the molecule is CSCC[C@H](N)C(=O)O.[GeH4]. The third kappa shape index (κ3) is 6.44. The molecular formula is C5H15GeNO2S. The van der Waals surface area contributed by atoms with Crippen LogP contribution in [0.2, 0.25) is 0 Å². The van der Waals surface area contributed by atoms with E-state index in [0.29, 0.717) is 6.42 Å². The minimum atomic E-state index is -0.913. The zero-order valence-corrected chi connectivity index (χ0v) is 6.15. The summed E-state index contributed by atoms with van der Waals surface area (Å²) in [7, 11) is 0. The van der Waals surface area contributed by atoms with Gasteiger partial charge in [0.2, 0.25) is 0 Å². The molecular weight excluding hydrogens is 211 g/mol. The van der Waals surface area contributed by atoms with E-state index in [1.54, 1.807) is 11.8 Å². The molecule has 0 aliphatic heterocycles. The van der Waals surface area contributed by atoms with E-state index in [9.17, 15) is 4.79 Å². The quantitative estimate of drug-likeness (QED) is 0.584. The Morgan fingerprint density at radius 1 is 1.80 bits per heavy atom. The van der Waals surface area contributed by atoms with Crippen molar-refractivity contribution in [3.05, 3.63) is 0 Å². The van der Waals surface area contributed by atoms with Gasteiger partial charge in [0.1, 0.15) is 6.04 Å². The molecule has 0 amide bonds. The molecule has 3 nitrogen and oxygen atoms in total. The maximum atomic E-state index is 10.1. The number of rotatable bonds is 4. The third-order valence-corrected chi connectivity index (χ3v) is 1.59. The Hall–Kier alpha value is 0.323. The molecule has 0 aromatic heterocycles. The first-order valence-corrected chi connectivity index (χ1v) is 4.05. The first kappa shape index (κ1) is 13.0. The molecule has 62 valence electrons. The van der Waals surface area contributed by atoms with E-state index in [4.69, 9.17) is 10.8 Å². The molecule has 0 saturated heterocycles. The number of hydrogen-bond donors (Lipinski definition) is 2. The molecule has 1 atom stereocenters. The topological polar surface area (TPSA) is 63.3 Å². The molecule has 0 aromatic rings. The Bertz CT molecular complexity index is 102. The summed E-state index contributed by atoms with van der Waals surface area (Å²) < 4.78 is 0. The van der Waals surface area contributed by atoms with Crippen molar-refractivity contribution in [2.75, 3.05) is 12.0 Å². The van der Waals surface area contributed by atoms with Gasteiger partial charge in [-0.3, -0.25) is 4.79 Å². The zero-order valence-electron chi connectivity index (χ0n) is 5.33. The van der Waals surface area contributed by atoms with Gasteiger partial charge in [-0.1, -0.05) is 0 Å². The normalized spacial score (nSPS) is 11.8. The van der Waals surface area contributed by atoms with E-state index in [2.05, 4.69) is 0 Å². The summed E-state index contributed by atoms with van der Waals surface area (Å²) in [5.74, 6) is -0.1000. The molecule has 0 fully saturated rings. The Morgan fingerprint density at radius 3 is 2.60 bits per heavy atom. The average Bonchev–Trinajstić information content (AvgIpc) is 1.82. The first-order chi connectivity index (χ1) is 4.18. The molecule has 0 spiro atoms. The number of nitrogens with two attached hydrogens (primary N) is 1.